The van der Waals surface area contributed by atoms with Crippen molar-refractivity contribution in [3.8, 4) is 11.4 Å². The van der Waals surface area contributed by atoms with Gasteiger partial charge >= 0.3 is 0 Å². The molecule has 0 aliphatic heterocycles. The van der Waals surface area contributed by atoms with E-state index in [-0.39, 0.29) is 5.56 Å². The highest BCUT2D eigenvalue weighted by atomic mass is 127. The maximum atomic E-state index is 11.8. The van der Waals surface area contributed by atoms with Crippen molar-refractivity contribution < 1.29 is 0 Å². The van der Waals surface area contributed by atoms with Gasteiger partial charge in [0.15, 0.2) is 0 Å². The number of hydrogen-bond acceptors (Lipinski definition) is 2. The molecule has 94 valence electrons. The second-order valence-corrected chi connectivity index (χ2v) is 5.58. The molecule has 1 aromatic heterocycles. The van der Waals surface area contributed by atoms with Crippen molar-refractivity contribution in [3.05, 3.63) is 47.9 Å². The summed E-state index contributed by atoms with van der Waals surface area (Å²) in [6.45, 7) is 1.95. The van der Waals surface area contributed by atoms with E-state index in [4.69, 9.17) is 23.2 Å². The number of nitrogens with one attached hydrogen (secondary N) is 1. The smallest absolute Gasteiger partial charge is 0.264 e. The summed E-state index contributed by atoms with van der Waals surface area (Å²) >= 11 is 14.0. The molecule has 0 aliphatic carbocycles. The number of rotatable bonds is 2. The van der Waals surface area contributed by atoms with Crippen LogP contribution in [0.2, 0.25) is 10.0 Å². The second kappa shape index (κ2) is 5.59. The average molecular weight is 395 g/mol. The molecular formula is C12H9Cl2IN2O. The summed E-state index contributed by atoms with van der Waals surface area (Å²) in [7, 11) is 0. The lowest BCUT2D eigenvalue weighted by Gasteiger charge is -2.07. The standard InChI is InChI=1S/C12H9Cl2IN2O/c1-2-9-10(15)12(18)17-11(16-9)7-5-6(13)3-4-8(7)14/h3-5H,2H2,1H3,(H,16,17,18). The Morgan fingerprint density at radius 3 is 2.78 bits per heavy atom. The third-order valence-electron chi connectivity index (χ3n) is 2.45. The van der Waals surface area contributed by atoms with E-state index in [9.17, 15) is 4.79 Å². The first-order valence-corrected chi connectivity index (χ1v) is 7.10. The Balaban J connectivity index is 2.68. The van der Waals surface area contributed by atoms with E-state index in [0.29, 0.717) is 31.4 Å². The van der Waals surface area contributed by atoms with Crippen LogP contribution in [-0.2, 0) is 6.42 Å². The van der Waals surface area contributed by atoms with Gasteiger partial charge in [-0.05, 0) is 47.2 Å². The van der Waals surface area contributed by atoms with Gasteiger partial charge in [-0.1, -0.05) is 30.1 Å². The van der Waals surface area contributed by atoms with Crippen LogP contribution in [0.3, 0.4) is 0 Å². The van der Waals surface area contributed by atoms with Gasteiger partial charge in [-0.25, -0.2) is 4.98 Å². The fraction of sp³-hybridized carbons (Fsp3) is 0.167. The first-order valence-electron chi connectivity index (χ1n) is 5.27. The Hall–Kier alpha value is -0.590. The summed E-state index contributed by atoms with van der Waals surface area (Å²) in [5, 5.41) is 1.06. The molecule has 0 spiro atoms. The molecule has 0 bridgehead atoms. The van der Waals surface area contributed by atoms with Crippen LogP contribution in [0.25, 0.3) is 11.4 Å². The maximum Gasteiger partial charge on any atom is 0.264 e. The van der Waals surface area contributed by atoms with Gasteiger partial charge in [-0.3, -0.25) is 4.79 Å². The molecule has 6 heteroatoms. The summed E-state index contributed by atoms with van der Waals surface area (Å²) in [5.74, 6) is 0.449. The predicted octanol–water partition coefficient (Wildman–Crippen LogP) is 3.91. The van der Waals surface area contributed by atoms with E-state index in [1.54, 1.807) is 18.2 Å². The van der Waals surface area contributed by atoms with Crippen molar-refractivity contribution in [2.24, 2.45) is 0 Å². The molecule has 18 heavy (non-hydrogen) atoms. The molecule has 1 aromatic carbocycles. The molecule has 0 fully saturated rings. The van der Waals surface area contributed by atoms with Crippen molar-refractivity contribution >= 4 is 45.8 Å². The van der Waals surface area contributed by atoms with Crippen LogP contribution in [0.15, 0.2) is 23.0 Å². The fourth-order valence-corrected chi connectivity index (χ4v) is 2.56. The van der Waals surface area contributed by atoms with E-state index in [1.165, 1.54) is 0 Å². The molecule has 3 nitrogen and oxygen atoms in total. The highest BCUT2D eigenvalue weighted by molar-refractivity contribution is 14.1. The number of benzene rings is 1. The van der Waals surface area contributed by atoms with Gasteiger partial charge in [0.1, 0.15) is 5.82 Å². The number of aromatic amines is 1. The van der Waals surface area contributed by atoms with E-state index < -0.39 is 0 Å². The monoisotopic (exact) mass is 394 g/mol. The van der Waals surface area contributed by atoms with Crippen molar-refractivity contribution in [2.45, 2.75) is 13.3 Å². The van der Waals surface area contributed by atoms with Gasteiger partial charge in [-0.15, -0.1) is 0 Å². The van der Waals surface area contributed by atoms with E-state index in [0.717, 1.165) is 5.69 Å². The van der Waals surface area contributed by atoms with Crippen molar-refractivity contribution in [3.63, 3.8) is 0 Å². The molecule has 2 rings (SSSR count). The number of aryl methyl sites for hydroxylation is 1. The largest absolute Gasteiger partial charge is 0.306 e. The van der Waals surface area contributed by atoms with Crippen LogP contribution >= 0.6 is 45.8 Å². The Morgan fingerprint density at radius 1 is 1.39 bits per heavy atom. The minimum Gasteiger partial charge on any atom is -0.306 e. The van der Waals surface area contributed by atoms with Crippen LogP contribution in [0.4, 0.5) is 0 Å². The minimum absolute atomic E-state index is 0.159. The number of hydrogen-bond donors (Lipinski definition) is 1. The molecule has 0 unspecified atom stereocenters. The van der Waals surface area contributed by atoms with Gasteiger partial charge in [-0.2, -0.15) is 0 Å². The minimum atomic E-state index is -0.159. The van der Waals surface area contributed by atoms with Gasteiger partial charge in [0.2, 0.25) is 0 Å². The second-order valence-electron chi connectivity index (χ2n) is 3.65. The summed E-state index contributed by atoms with van der Waals surface area (Å²) in [6.07, 6.45) is 0.688. The van der Waals surface area contributed by atoms with Gasteiger partial charge in [0.25, 0.3) is 5.56 Å². The lowest BCUT2D eigenvalue weighted by Crippen LogP contribution is -2.16. The zero-order valence-corrected chi connectivity index (χ0v) is 13.1. The predicted molar refractivity (Wildman–Crippen MR) is 82.4 cm³/mol. The van der Waals surface area contributed by atoms with Crippen LogP contribution in [-0.4, -0.2) is 9.97 Å². The number of H-pyrrole nitrogens is 1. The van der Waals surface area contributed by atoms with Crippen molar-refractivity contribution in [2.75, 3.05) is 0 Å². The molecule has 1 N–H and O–H groups in total. The Bertz CT molecular complexity index is 655. The highest BCUT2D eigenvalue weighted by Crippen LogP contribution is 2.28. The van der Waals surface area contributed by atoms with Gasteiger partial charge in [0, 0.05) is 10.6 Å². The number of halogens is 3. The first kappa shape index (κ1) is 13.8. The van der Waals surface area contributed by atoms with Gasteiger partial charge < -0.3 is 4.98 Å². The van der Waals surface area contributed by atoms with Gasteiger partial charge in [0.05, 0.1) is 14.3 Å². The molecule has 2 aromatic rings. The summed E-state index contributed by atoms with van der Waals surface area (Å²) in [6, 6.07) is 5.07. The molecular weight excluding hydrogens is 386 g/mol. The zero-order chi connectivity index (χ0) is 13.3. The average Bonchev–Trinajstić information content (AvgIpc) is 2.35. The maximum absolute atomic E-state index is 11.8. The van der Waals surface area contributed by atoms with E-state index in [2.05, 4.69) is 9.97 Å². The lowest BCUT2D eigenvalue weighted by molar-refractivity contribution is 0.968. The highest BCUT2D eigenvalue weighted by Gasteiger charge is 2.11. The topological polar surface area (TPSA) is 45.8 Å². The molecule has 0 saturated heterocycles. The van der Waals surface area contributed by atoms with Crippen LogP contribution < -0.4 is 5.56 Å². The summed E-state index contributed by atoms with van der Waals surface area (Å²) in [5.41, 5.74) is 1.23. The Kier molecular flexibility index (Phi) is 4.29. The van der Waals surface area contributed by atoms with Crippen molar-refractivity contribution in [1.29, 1.82) is 0 Å². The quantitative estimate of drug-likeness (QED) is 0.785. The van der Waals surface area contributed by atoms with Crippen LogP contribution in [0.1, 0.15) is 12.6 Å². The Labute approximate surface area is 128 Å². The molecule has 0 saturated carbocycles. The number of aromatic nitrogens is 2. The normalized spacial score (nSPS) is 10.7. The van der Waals surface area contributed by atoms with E-state index >= 15 is 0 Å². The van der Waals surface area contributed by atoms with Crippen molar-refractivity contribution in [1.82, 2.24) is 9.97 Å². The molecule has 0 aliphatic rings. The molecule has 1 heterocycles. The molecule has 0 amide bonds. The SMILES string of the molecule is CCc1nc(-c2cc(Cl)ccc2Cl)[nH]c(=O)c1I. The van der Waals surface area contributed by atoms with Crippen LogP contribution in [0.5, 0.6) is 0 Å². The molecule has 0 radical (unpaired) electrons. The summed E-state index contributed by atoms with van der Waals surface area (Å²) in [4.78, 5) is 18.9. The summed E-state index contributed by atoms with van der Waals surface area (Å²) < 4.78 is 0.608. The van der Waals surface area contributed by atoms with Crippen LogP contribution in [0, 0.1) is 3.57 Å². The third kappa shape index (κ3) is 2.70. The lowest BCUT2D eigenvalue weighted by atomic mass is 10.2. The third-order valence-corrected chi connectivity index (χ3v) is 4.13. The molecule has 0 atom stereocenters. The van der Waals surface area contributed by atoms with E-state index in [1.807, 2.05) is 29.5 Å². The first-order chi connectivity index (χ1) is 8.52. The Morgan fingerprint density at radius 2 is 2.11 bits per heavy atom. The number of nitrogens with zero attached hydrogens (tertiary/aromatic N) is 1. The fourth-order valence-electron chi connectivity index (χ4n) is 1.55. The zero-order valence-electron chi connectivity index (χ0n) is 9.43.